The molecule has 1 amide bonds. The summed E-state index contributed by atoms with van der Waals surface area (Å²) in [6.45, 7) is 8.47. The van der Waals surface area contributed by atoms with Gasteiger partial charge in [0.25, 0.3) is 0 Å². The summed E-state index contributed by atoms with van der Waals surface area (Å²) in [5.74, 6) is 0.802. The van der Waals surface area contributed by atoms with Crippen molar-refractivity contribution in [3.05, 3.63) is 0 Å². The minimum absolute atomic E-state index is 0.158. The predicted molar refractivity (Wildman–Crippen MR) is 79.4 cm³/mol. The summed E-state index contributed by atoms with van der Waals surface area (Å²) in [5, 5.41) is 0. The molecule has 1 aliphatic carbocycles. The maximum Gasteiger partial charge on any atom is 0.236 e. The van der Waals surface area contributed by atoms with E-state index >= 15 is 0 Å². The second-order valence-corrected chi connectivity index (χ2v) is 6.08. The highest BCUT2D eigenvalue weighted by atomic mass is 16.5. The summed E-state index contributed by atoms with van der Waals surface area (Å²) in [5.41, 5.74) is 5.87. The molecule has 3 unspecified atom stereocenters. The van der Waals surface area contributed by atoms with Crippen LogP contribution in [0, 0.1) is 5.92 Å². The molecule has 1 heterocycles. The van der Waals surface area contributed by atoms with E-state index < -0.39 is 0 Å². The maximum atomic E-state index is 12.5. The number of hydrogen-bond donors (Lipinski definition) is 1. The summed E-state index contributed by atoms with van der Waals surface area (Å²) in [4.78, 5) is 16.7. The van der Waals surface area contributed by atoms with Crippen LogP contribution in [0.5, 0.6) is 0 Å². The Morgan fingerprint density at radius 2 is 2.25 bits per heavy atom. The number of carbonyl (C=O) groups is 1. The number of nitrogens with zero attached hydrogens (tertiary/aromatic N) is 2. The lowest BCUT2D eigenvalue weighted by Crippen LogP contribution is -2.51. The van der Waals surface area contributed by atoms with Crippen molar-refractivity contribution in [1.82, 2.24) is 9.80 Å². The van der Waals surface area contributed by atoms with Crippen LogP contribution >= 0.6 is 0 Å². The minimum Gasteiger partial charge on any atom is -0.375 e. The molecule has 0 spiro atoms. The Kier molecular flexibility index (Phi) is 5.81. The minimum atomic E-state index is 0.158. The largest absolute Gasteiger partial charge is 0.375 e. The quantitative estimate of drug-likeness (QED) is 0.806. The number of nitrogens with two attached hydrogens (primary N) is 1. The summed E-state index contributed by atoms with van der Waals surface area (Å²) in [6.07, 6.45) is 3.79. The number of ether oxygens (including phenoxy) is 1. The maximum absolute atomic E-state index is 12.5. The highest BCUT2D eigenvalue weighted by molar-refractivity contribution is 5.78. The van der Waals surface area contributed by atoms with Gasteiger partial charge in [0, 0.05) is 19.1 Å². The monoisotopic (exact) mass is 283 g/mol. The molecule has 0 aromatic heterocycles. The molecule has 5 heteroatoms. The van der Waals surface area contributed by atoms with E-state index in [0.717, 1.165) is 26.2 Å². The lowest BCUT2D eigenvalue weighted by Gasteiger charge is -2.35. The van der Waals surface area contributed by atoms with Gasteiger partial charge < -0.3 is 15.4 Å². The van der Waals surface area contributed by atoms with Crippen molar-refractivity contribution < 1.29 is 9.53 Å². The van der Waals surface area contributed by atoms with Crippen LogP contribution in [0.4, 0.5) is 0 Å². The summed E-state index contributed by atoms with van der Waals surface area (Å²) < 4.78 is 5.50. The van der Waals surface area contributed by atoms with Crippen LogP contribution in [0.3, 0.4) is 0 Å². The van der Waals surface area contributed by atoms with Crippen LogP contribution in [0.15, 0.2) is 0 Å². The van der Waals surface area contributed by atoms with E-state index in [0.29, 0.717) is 25.1 Å². The molecular formula is C15H29N3O2. The van der Waals surface area contributed by atoms with Crippen molar-refractivity contribution in [3.8, 4) is 0 Å². The van der Waals surface area contributed by atoms with E-state index in [1.165, 1.54) is 19.3 Å². The molecule has 0 aromatic rings. The molecular weight excluding hydrogens is 254 g/mol. The number of morpholine rings is 1. The van der Waals surface area contributed by atoms with E-state index in [1.54, 1.807) is 0 Å². The van der Waals surface area contributed by atoms with Crippen LogP contribution in [0.2, 0.25) is 0 Å². The molecule has 2 fully saturated rings. The molecule has 5 nitrogen and oxygen atoms in total. The molecule has 1 saturated carbocycles. The van der Waals surface area contributed by atoms with Gasteiger partial charge >= 0.3 is 0 Å². The van der Waals surface area contributed by atoms with Gasteiger partial charge in [-0.2, -0.15) is 0 Å². The first-order valence-electron chi connectivity index (χ1n) is 7.99. The Morgan fingerprint density at radius 1 is 1.45 bits per heavy atom. The number of carbonyl (C=O) groups excluding carboxylic acids is 1. The average molecular weight is 283 g/mol. The highest BCUT2D eigenvalue weighted by Gasteiger charge is 2.32. The highest BCUT2D eigenvalue weighted by Crippen LogP contribution is 2.29. The van der Waals surface area contributed by atoms with Crippen molar-refractivity contribution in [3.63, 3.8) is 0 Å². The molecule has 20 heavy (non-hydrogen) atoms. The van der Waals surface area contributed by atoms with Crippen molar-refractivity contribution >= 4 is 5.91 Å². The first-order valence-corrected chi connectivity index (χ1v) is 7.99. The van der Waals surface area contributed by atoms with Gasteiger partial charge in [0.15, 0.2) is 0 Å². The summed E-state index contributed by atoms with van der Waals surface area (Å²) in [7, 11) is 0. The third kappa shape index (κ3) is 3.71. The van der Waals surface area contributed by atoms with E-state index in [9.17, 15) is 4.79 Å². The lowest BCUT2D eigenvalue weighted by molar-refractivity contribution is -0.140. The SMILES string of the molecule is CCN(CC(=O)N1CCOC(C)C1)C1CCCC1CN. The van der Waals surface area contributed by atoms with Gasteiger partial charge in [0.2, 0.25) is 5.91 Å². The lowest BCUT2D eigenvalue weighted by atomic mass is 10.0. The van der Waals surface area contributed by atoms with Crippen LogP contribution in [0.1, 0.15) is 33.1 Å². The second-order valence-electron chi connectivity index (χ2n) is 6.08. The Hall–Kier alpha value is -0.650. The van der Waals surface area contributed by atoms with Crippen LogP contribution in [-0.2, 0) is 9.53 Å². The standard InChI is InChI=1S/C15H29N3O2/c1-3-17(14-6-4-5-13(14)9-16)11-15(19)18-7-8-20-12(2)10-18/h12-14H,3-11,16H2,1-2H3. The van der Waals surface area contributed by atoms with E-state index in [1.807, 2.05) is 11.8 Å². The smallest absolute Gasteiger partial charge is 0.236 e. The second kappa shape index (κ2) is 7.38. The van der Waals surface area contributed by atoms with Crippen molar-refractivity contribution in [2.45, 2.75) is 45.3 Å². The van der Waals surface area contributed by atoms with Crippen molar-refractivity contribution in [1.29, 1.82) is 0 Å². The summed E-state index contributed by atoms with van der Waals surface area (Å²) in [6, 6.07) is 0.493. The Morgan fingerprint density at radius 3 is 2.90 bits per heavy atom. The van der Waals surface area contributed by atoms with Gasteiger partial charge in [-0.15, -0.1) is 0 Å². The zero-order chi connectivity index (χ0) is 14.5. The van der Waals surface area contributed by atoms with Gasteiger partial charge in [-0.05, 0) is 38.8 Å². The predicted octanol–water partition coefficient (Wildman–Crippen LogP) is 0.683. The van der Waals surface area contributed by atoms with Gasteiger partial charge in [-0.25, -0.2) is 0 Å². The number of hydrogen-bond acceptors (Lipinski definition) is 4. The van der Waals surface area contributed by atoms with Gasteiger partial charge in [0.05, 0.1) is 19.3 Å². The molecule has 2 rings (SSSR count). The Labute approximate surface area is 122 Å². The first kappa shape index (κ1) is 15.7. The fourth-order valence-corrected chi connectivity index (χ4v) is 3.56. The van der Waals surface area contributed by atoms with Gasteiger partial charge in [-0.1, -0.05) is 13.3 Å². The normalized spacial score (nSPS) is 31.0. The molecule has 2 N–H and O–H groups in total. The molecule has 3 atom stereocenters. The van der Waals surface area contributed by atoms with Crippen LogP contribution in [0.25, 0.3) is 0 Å². The molecule has 2 aliphatic rings. The Balaban J connectivity index is 1.90. The van der Waals surface area contributed by atoms with Gasteiger partial charge in [-0.3, -0.25) is 9.69 Å². The zero-order valence-electron chi connectivity index (χ0n) is 12.9. The molecule has 116 valence electrons. The van der Waals surface area contributed by atoms with Crippen molar-refractivity contribution in [2.24, 2.45) is 11.7 Å². The van der Waals surface area contributed by atoms with E-state index in [4.69, 9.17) is 10.5 Å². The van der Waals surface area contributed by atoms with E-state index in [2.05, 4.69) is 11.8 Å². The van der Waals surface area contributed by atoms with Crippen LogP contribution < -0.4 is 5.73 Å². The Bertz CT molecular complexity index is 324. The topological polar surface area (TPSA) is 58.8 Å². The molecule has 1 saturated heterocycles. The fourth-order valence-electron chi connectivity index (χ4n) is 3.56. The number of rotatable bonds is 5. The third-order valence-electron chi connectivity index (χ3n) is 4.73. The molecule has 0 aromatic carbocycles. The van der Waals surface area contributed by atoms with Gasteiger partial charge in [0.1, 0.15) is 0 Å². The third-order valence-corrected chi connectivity index (χ3v) is 4.73. The fraction of sp³-hybridized carbons (Fsp3) is 0.933. The average Bonchev–Trinajstić information content (AvgIpc) is 2.92. The first-order chi connectivity index (χ1) is 9.65. The van der Waals surface area contributed by atoms with E-state index in [-0.39, 0.29) is 12.0 Å². The zero-order valence-corrected chi connectivity index (χ0v) is 12.9. The summed E-state index contributed by atoms with van der Waals surface area (Å²) >= 11 is 0. The molecule has 0 bridgehead atoms. The molecule has 1 aliphatic heterocycles. The number of likely N-dealkylation sites (N-methyl/N-ethyl adjacent to an activating group) is 1. The van der Waals surface area contributed by atoms with Crippen molar-refractivity contribution in [2.75, 3.05) is 39.3 Å². The van der Waals surface area contributed by atoms with Crippen LogP contribution in [-0.4, -0.2) is 67.2 Å². The molecule has 0 radical (unpaired) electrons. The number of amides is 1.